The van der Waals surface area contributed by atoms with Crippen LogP contribution in [0, 0.1) is 5.92 Å². The number of benzene rings is 1. The maximum atomic E-state index is 11.5. The van der Waals surface area contributed by atoms with E-state index in [-0.39, 0.29) is 12.5 Å². The van der Waals surface area contributed by atoms with Crippen LogP contribution in [0.3, 0.4) is 0 Å². The van der Waals surface area contributed by atoms with E-state index < -0.39 is 11.9 Å². The molecule has 0 radical (unpaired) electrons. The molecule has 1 rings (SSSR count). The third-order valence-electron chi connectivity index (χ3n) is 2.53. The number of rotatable bonds is 6. The van der Waals surface area contributed by atoms with Crippen LogP contribution in [0.4, 0.5) is 0 Å². The molecular formula is C14H17NO4. The van der Waals surface area contributed by atoms with Gasteiger partial charge in [0.25, 0.3) is 0 Å². The second kappa shape index (κ2) is 7.20. The van der Waals surface area contributed by atoms with Gasteiger partial charge in [0.2, 0.25) is 5.91 Å². The van der Waals surface area contributed by atoms with Crippen molar-refractivity contribution in [2.75, 3.05) is 13.7 Å². The summed E-state index contributed by atoms with van der Waals surface area (Å²) >= 11 is 0. The molecule has 0 aliphatic carbocycles. The topological polar surface area (TPSA) is 75.6 Å². The first-order valence-corrected chi connectivity index (χ1v) is 5.85. The van der Waals surface area contributed by atoms with E-state index in [1.807, 2.05) is 18.2 Å². The zero-order valence-electron chi connectivity index (χ0n) is 10.9. The number of carboxylic acid groups (broad SMARTS) is 1. The Kier molecular flexibility index (Phi) is 5.60. The molecule has 5 nitrogen and oxygen atoms in total. The third kappa shape index (κ3) is 5.25. The van der Waals surface area contributed by atoms with Crippen LogP contribution in [0.2, 0.25) is 0 Å². The Hall–Kier alpha value is -2.30. The Balaban J connectivity index is 2.51. The molecular weight excluding hydrogens is 246 g/mol. The first kappa shape index (κ1) is 14.8. The fourth-order valence-corrected chi connectivity index (χ4v) is 1.32. The highest BCUT2D eigenvalue weighted by Crippen LogP contribution is 2.13. The zero-order valence-corrected chi connectivity index (χ0v) is 10.9. The molecule has 1 atom stereocenters. The Morgan fingerprint density at radius 2 is 2.21 bits per heavy atom. The Bertz CT molecular complexity index is 482. The minimum Gasteiger partial charge on any atom is -0.497 e. The van der Waals surface area contributed by atoms with Crippen molar-refractivity contribution in [1.29, 1.82) is 0 Å². The number of carbonyl (C=O) groups is 2. The molecule has 0 saturated heterocycles. The minimum atomic E-state index is -0.933. The second-order valence-electron chi connectivity index (χ2n) is 4.09. The van der Waals surface area contributed by atoms with Crippen molar-refractivity contribution >= 4 is 18.0 Å². The van der Waals surface area contributed by atoms with Crippen LogP contribution in [0.5, 0.6) is 5.75 Å². The molecule has 0 fully saturated rings. The average Bonchev–Trinajstić information content (AvgIpc) is 2.42. The maximum absolute atomic E-state index is 11.5. The van der Waals surface area contributed by atoms with Gasteiger partial charge in [-0.15, -0.1) is 0 Å². The number of ether oxygens (including phenoxy) is 1. The Morgan fingerprint density at radius 1 is 1.47 bits per heavy atom. The summed E-state index contributed by atoms with van der Waals surface area (Å²) in [4.78, 5) is 22.1. The summed E-state index contributed by atoms with van der Waals surface area (Å²) in [6.07, 6.45) is 3.01. The summed E-state index contributed by atoms with van der Waals surface area (Å²) in [5.41, 5.74) is 0.834. The van der Waals surface area contributed by atoms with Crippen molar-refractivity contribution in [2.45, 2.75) is 6.92 Å². The highest BCUT2D eigenvalue weighted by Gasteiger charge is 2.10. The van der Waals surface area contributed by atoms with Gasteiger partial charge in [0.1, 0.15) is 5.75 Å². The molecule has 1 unspecified atom stereocenters. The van der Waals surface area contributed by atoms with Gasteiger partial charge in [-0.3, -0.25) is 9.59 Å². The fourth-order valence-electron chi connectivity index (χ4n) is 1.32. The monoisotopic (exact) mass is 263 g/mol. The standard InChI is InChI=1S/C14H17NO4/c1-10(14(17)18)9-15-13(16)7-6-11-4-3-5-12(8-11)19-2/h3-8,10H,9H2,1-2H3,(H,15,16)(H,17,18). The molecule has 0 heterocycles. The summed E-state index contributed by atoms with van der Waals surface area (Å²) < 4.78 is 5.07. The molecule has 1 aromatic carbocycles. The maximum Gasteiger partial charge on any atom is 0.308 e. The van der Waals surface area contributed by atoms with Crippen molar-refractivity contribution in [3.8, 4) is 5.75 Å². The largest absolute Gasteiger partial charge is 0.497 e. The average molecular weight is 263 g/mol. The summed E-state index contributed by atoms with van der Waals surface area (Å²) in [7, 11) is 1.57. The highest BCUT2D eigenvalue weighted by molar-refractivity contribution is 5.92. The van der Waals surface area contributed by atoms with Crippen molar-refractivity contribution in [1.82, 2.24) is 5.32 Å². The first-order valence-electron chi connectivity index (χ1n) is 5.85. The molecule has 2 N–H and O–H groups in total. The quantitative estimate of drug-likeness (QED) is 0.763. The van der Waals surface area contributed by atoms with Crippen molar-refractivity contribution in [3.63, 3.8) is 0 Å². The number of methoxy groups -OCH3 is 1. The van der Waals surface area contributed by atoms with Gasteiger partial charge in [0, 0.05) is 12.6 Å². The van der Waals surface area contributed by atoms with E-state index in [4.69, 9.17) is 9.84 Å². The molecule has 0 aromatic heterocycles. The van der Waals surface area contributed by atoms with Gasteiger partial charge in [0.05, 0.1) is 13.0 Å². The lowest BCUT2D eigenvalue weighted by Crippen LogP contribution is -2.30. The molecule has 5 heteroatoms. The molecule has 0 bridgehead atoms. The van der Waals surface area contributed by atoms with Crippen LogP contribution >= 0.6 is 0 Å². The third-order valence-corrected chi connectivity index (χ3v) is 2.53. The van der Waals surface area contributed by atoms with Gasteiger partial charge in [0.15, 0.2) is 0 Å². The number of carboxylic acids is 1. The van der Waals surface area contributed by atoms with Crippen LogP contribution < -0.4 is 10.1 Å². The van der Waals surface area contributed by atoms with E-state index in [1.54, 1.807) is 19.3 Å². The predicted molar refractivity (Wildman–Crippen MR) is 71.8 cm³/mol. The number of amides is 1. The zero-order chi connectivity index (χ0) is 14.3. The SMILES string of the molecule is COc1cccc(C=CC(=O)NCC(C)C(=O)O)c1. The molecule has 102 valence electrons. The first-order chi connectivity index (χ1) is 9.02. The van der Waals surface area contributed by atoms with Crippen LogP contribution in [-0.2, 0) is 9.59 Å². The van der Waals surface area contributed by atoms with Gasteiger partial charge in [-0.1, -0.05) is 19.1 Å². The fraction of sp³-hybridized carbons (Fsp3) is 0.286. The Labute approximate surface area is 111 Å². The lowest BCUT2D eigenvalue weighted by molar-refractivity contribution is -0.141. The van der Waals surface area contributed by atoms with Gasteiger partial charge < -0.3 is 15.2 Å². The van der Waals surface area contributed by atoms with E-state index in [1.165, 1.54) is 13.0 Å². The molecule has 0 aliphatic heterocycles. The summed E-state index contributed by atoms with van der Waals surface area (Å²) in [6.45, 7) is 1.64. The molecule has 1 amide bonds. The van der Waals surface area contributed by atoms with Crippen LogP contribution in [0.25, 0.3) is 6.08 Å². The predicted octanol–water partition coefficient (Wildman–Crippen LogP) is 1.55. The molecule has 0 spiro atoms. The van der Waals surface area contributed by atoms with Gasteiger partial charge in [-0.25, -0.2) is 0 Å². The summed E-state index contributed by atoms with van der Waals surface area (Å²) in [5.74, 6) is -1.15. The van der Waals surface area contributed by atoms with Crippen molar-refractivity contribution in [3.05, 3.63) is 35.9 Å². The van der Waals surface area contributed by atoms with Crippen molar-refractivity contribution < 1.29 is 19.4 Å². The van der Waals surface area contributed by atoms with E-state index >= 15 is 0 Å². The minimum absolute atomic E-state index is 0.108. The highest BCUT2D eigenvalue weighted by atomic mass is 16.5. The van der Waals surface area contributed by atoms with Gasteiger partial charge >= 0.3 is 5.97 Å². The molecule has 19 heavy (non-hydrogen) atoms. The van der Waals surface area contributed by atoms with Crippen LogP contribution in [0.15, 0.2) is 30.3 Å². The van der Waals surface area contributed by atoms with E-state index in [0.29, 0.717) is 5.75 Å². The lowest BCUT2D eigenvalue weighted by Gasteiger charge is -2.06. The number of nitrogens with one attached hydrogen (secondary N) is 1. The van der Waals surface area contributed by atoms with Crippen molar-refractivity contribution in [2.24, 2.45) is 5.92 Å². The van der Waals surface area contributed by atoms with Gasteiger partial charge in [-0.2, -0.15) is 0 Å². The summed E-state index contributed by atoms with van der Waals surface area (Å²) in [6, 6.07) is 7.27. The van der Waals surface area contributed by atoms with E-state index in [2.05, 4.69) is 5.32 Å². The number of aliphatic carboxylic acids is 1. The van der Waals surface area contributed by atoms with Crippen LogP contribution in [0.1, 0.15) is 12.5 Å². The smallest absolute Gasteiger partial charge is 0.308 e. The second-order valence-corrected chi connectivity index (χ2v) is 4.09. The lowest BCUT2D eigenvalue weighted by atomic mass is 10.2. The molecule has 1 aromatic rings. The van der Waals surface area contributed by atoms with E-state index in [9.17, 15) is 9.59 Å². The normalized spacial score (nSPS) is 12.1. The number of hydrogen-bond donors (Lipinski definition) is 2. The summed E-state index contributed by atoms with van der Waals surface area (Å²) in [5, 5.41) is 11.2. The number of carbonyl (C=O) groups excluding carboxylic acids is 1. The number of hydrogen-bond acceptors (Lipinski definition) is 3. The van der Waals surface area contributed by atoms with E-state index in [0.717, 1.165) is 5.56 Å². The van der Waals surface area contributed by atoms with Crippen LogP contribution in [-0.4, -0.2) is 30.6 Å². The Morgan fingerprint density at radius 3 is 2.84 bits per heavy atom. The molecule has 0 aliphatic rings. The molecule has 0 saturated carbocycles. The van der Waals surface area contributed by atoms with Gasteiger partial charge in [-0.05, 0) is 23.8 Å².